The van der Waals surface area contributed by atoms with Crippen LogP contribution in [0.2, 0.25) is 0 Å². The predicted molar refractivity (Wildman–Crippen MR) is 89.8 cm³/mol. The van der Waals surface area contributed by atoms with Crippen molar-refractivity contribution in [2.24, 2.45) is 0 Å². The van der Waals surface area contributed by atoms with Gasteiger partial charge in [-0.15, -0.1) is 11.3 Å². The Bertz CT molecular complexity index is 631. The average molecular weight is 321 g/mol. The van der Waals surface area contributed by atoms with Crippen molar-refractivity contribution in [3.8, 4) is 5.75 Å². The number of hydrogen-bond donors (Lipinski definition) is 2. The summed E-state index contributed by atoms with van der Waals surface area (Å²) in [7, 11) is 0. The second kappa shape index (κ2) is 6.91. The standard InChI is InChI=1S/C16H23N3O2S/c1-11-8-17-5-6-19(11)9-13(20)10-21-14-3-4-16-15(7-14)18-12(2)22-16/h3-4,7,11,13,17,20H,5-6,8-10H2,1-2H3/t11-,13+/m0/s1. The molecule has 2 aromatic rings. The molecule has 0 saturated carbocycles. The van der Waals surface area contributed by atoms with Crippen LogP contribution in [0.3, 0.4) is 0 Å². The fraction of sp³-hybridized carbons (Fsp3) is 0.562. The van der Waals surface area contributed by atoms with Crippen LogP contribution in [-0.4, -0.2) is 59.9 Å². The lowest BCUT2D eigenvalue weighted by Gasteiger charge is -2.35. The van der Waals surface area contributed by atoms with E-state index in [0.717, 1.165) is 35.9 Å². The van der Waals surface area contributed by atoms with Gasteiger partial charge in [-0.05, 0) is 26.0 Å². The molecule has 0 bridgehead atoms. The molecule has 120 valence electrons. The van der Waals surface area contributed by atoms with E-state index in [1.54, 1.807) is 11.3 Å². The number of nitrogens with zero attached hydrogens (tertiary/aromatic N) is 2. The summed E-state index contributed by atoms with van der Waals surface area (Å²) in [4.78, 5) is 6.77. The van der Waals surface area contributed by atoms with E-state index in [0.29, 0.717) is 19.2 Å². The van der Waals surface area contributed by atoms with Gasteiger partial charge in [0.1, 0.15) is 18.5 Å². The monoisotopic (exact) mass is 321 g/mol. The van der Waals surface area contributed by atoms with Crippen LogP contribution in [0.5, 0.6) is 5.75 Å². The Morgan fingerprint density at radius 1 is 1.55 bits per heavy atom. The fourth-order valence-corrected chi connectivity index (χ4v) is 3.59. The molecule has 1 aromatic heterocycles. The Labute approximate surface area is 134 Å². The van der Waals surface area contributed by atoms with Crippen molar-refractivity contribution < 1.29 is 9.84 Å². The number of rotatable bonds is 5. The van der Waals surface area contributed by atoms with E-state index in [4.69, 9.17) is 4.74 Å². The van der Waals surface area contributed by atoms with Gasteiger partial charge in [-0.3, -0.25) is 4.90 Å². The number of β-amino-alcohol motifs (C(OH)–C–C–N with tert-alkyl or cyclic N) is 1. The van der Waals surface area contributed by atoms with Crippen molar-refractivity contribution in [2.75, 3.05) is 32.8 Å². The van der Waals surface area contributed by atoms with Gasteiger partial charge < -0.3 is 15.2 Å². The number of piperazine rings is 1. The minimum Gasteiger partial charge on any atom is -0.491 e. The number of ether oxygens (including phenoxy) is 1. The molecular formula is C16H23N3O2S. The summed E-state index contributed by atoms with van der Waals surface area (Å²) in [5.41, 5.74) is 0.963. The molecule has 5 nitrogen and oxygen atoms in total. The van der Waals surface area contributed by atoms with Gasteiger partial charge in [-0.1, -0.05) is 0 Å². The van der Waals surface area contributed by atoms with Crippen molar-refractivity contribution in [1.29, 1.82) is 0 Å². The molecule has 1 aromatic carbocycles. The molecule has 1 aliphatic rings. The maximum Gasteiger partial charge on any atom is 0.121 e. The van der Waals surface area contributed by atoms with E-state index < -0.39 is 6.10 Å². The highest BCUT2D eigenvalue weighted by Gasteiger charge is 2.20. The van der Waals surface area contributed by atoms with Crippen molar-refractivity contribution in [3.05, 3.63) is 23.2 Å². The van der Waals surface area contributed by atoms with Gasteiger partial charge in [0.05, 0.1) is 15.2 Å². The second-order valence-electron chi connectivity index (χ2n) is 5.88. The van der Waals surface area contributed by atoms with Crippen LogP contribution in [0.25, 0.3) is 10.2 Å². The number of aromatic nitrogens is 1. The Morgan fingerprint density at radius 2 is 2.41 bits per heavy atom. The summed E-state index contributed by atoms with van der Waals surface area (Å²) in [5.74, 6) is 0.769. The van der Waals surface area contributed by atoms with Gasteiger partial charge in [0, 0.05) is 38.3 Å². The lowest BCUT2D eigenvalue weighted by molar-refractivity contribution is 0.0478. The molecule has 0 amide bonds. The lowest BCUT2D eigenvalue weighted by Crippen LogP contribution is -2.52. The maximum atomic E-state index is 10.2. The molecule has 0 radical (unpaired) electrons. The van der Waals surface area contributed by atoms with Crippen LogP contribution >= 0.6 is 11.3 Å². The zero-order valence-corrected chi connectivity index (χ0v) is 13.9. The summed E-state index contributed by atoms with van der Waals surface area (Å²) in [6, 6.07) is 6.37. The second-order valence-corrected chi connectivity index (χ2v) is 7.11. The van der Waals surface area contributed by atoms with Crippen LogP contribution in [0.4, 0.5) is 0 Å². The first-order chi connectivity index (χ1) is 10.6. The average Bonchev–Trinajstić information content (AvgIpc) is 2.87. The SMILES string of the molecule is Cc1nc2cc(OC[C@H](O)CN3CCNC[C@@H]3C)ccc2s1. The molecule has 22 heavy (non-hydrogen) atoms. The summed E-state index contributed by atoms with van der Waals surface area (Å²) in [6.07, 6.45) is -0.478. The van der Waals surface area contributed by atoms with Gasteiger partial charge in [-0.25, -0.2) is 4.98 Å². The fourth-order valence-electron chi connectivity index (χ4n) is 2.78. The smallest absolute Gasteiger partial charge is 0.121 e. The minimum absolute atomic E-state index is 0.311. The van der Waals surface area contributed by atoms with E-state index >= 15 is 0 Å². The number of thiazole rings is 1. The molecule has 0 spiro atoms. The summed E-state index contributed by atoms with van der Waals surface area (Å²) in [6.45, 7) is 8.08. The largest absolute Gasteiger partial charge is 0.491 e. The van der Waals surface area contributed by atoms with E-state index in [9.17, 15) is 5.11 Å². The summed E-state index contributed by atoms with van der Waals surface area (Å²) in [5, 5.41) is 14.6. The van der Waals surface area contributed by atoms with Crippen LogP contribution in [0.15, 0.2) is 18.2 Å². The minimum atomic E-state index is -0.478. The molecule has 2 atom stereocenters. The molecular weight excluding hydrogens is 298 g/mol. The number of aliphatic hydroxyl groups is 1. The van der Waals surface area contributed by atoms with E-state index in [2.05, 4.69) is 22.1 Å². The number of aliphatic hydroxyl groups excluding tert-OH is 1. The topological polar surface area (TPSA) is 57.6 Å². The van der Waals surface area contributed by atoms with Crippen LogP contribution in [0, 0.1) is 6.92 Å². The molecule has 3 rings (SSSR count). The van der Waals surface area contributed by atoms with Crippen molar-refractivity contribution >= 4 is 21.6 Å². The number of fused-ring (bicyclic) bond motifs is 1. The maximum absolute atomic E-state index is 10.2. The summed E-state index contributed by atoms with van der Waals surface area (Å²) < 4.78 is 6.90. The van der Waals surface area contributed by atoms with Crippen molar-refractivity contribution in [3.63, 3.8) is 0 Å². The molecule has 1 aliphatic heterocycles. The van der Waals surface area contributed by atoms with Crippen LogP contribution < -0.4 is 10.1 Å². The van der Waals surface area contributed by atoms with Gasteiger partial charge >= 0.3 is 0 Å². The van der Waals surface area contributed by atoms with Gasteiger partial charge in [0.15, 0.2) is 0 Å². The molecule has 1 fully saturated rings. The van der Waals surface area contributed by atoms with Gasteiger partial charge in [-0.2, -0.15) is 0 Å². The first-order valence-corrected chi connectivity index (χ1v) is 8.56. The normalized spacial score (nSPS) is 21.1. The van der Waals surface area contributed by atoms with E-state index in [-0.39, 0.29) is 0 Å². The Balaban J connectivity index is 1.53. The van der Waals surface area contributed by atoms with Crippen LogP contribution in [0.1, 0.15) is 11.9 Å². The Hall–Kier alpha value is -1.21. The Kier molecular flexibility index (Phi) is 4.93. The molecule has 0 aliphatic carbocycles. The van der Waals surface area contributed by atoms with Gasteiger partial charge in [0.25, 0.3) is 0 Å². The number of hydrogen-bond acceptors (Lipinski definition) is 6. The van der Waals surface area contributed by atoms with Crippen LogP contribution in [-0.2, 0) is 0 Å². The highest BCUT2D eigenvalue weighted by Crippen LogP contribution is 2.25. The third-order valence-electron chi connectivity index (χ3n) is 3.99. The zero-order chi connectivity index (χ0) is 15.5. The third-order valence-corrected chi connectivity index (χ3v) is 4.94. The zero-order valence-electron chi connectivity index (χ0n) is 13.1. The predicted octanol–water partition coefficient (Wildman–Crippen LogP) is 1.64. The molecule has 6 heteroatoms. The molecule has 0 unspecified atom stereocenters. The van der Waals surface area contributed by atoms with E-state index in [1.807, 2.05) is 25.1 Å². The van der Waals surface area contributed by atoms with Gasteiger partial charge in [0.2, 0.25) is 0 Å². The number of benzene rings is 1. The lowest BCUT2D eigenvalue weighted by atomic mass is 10.2. The molecule has 2 heterocycles. The highest BCUT2D eigenvalue weighted by molar-refractivity contribution is 7.18. The highest BCUT2D eigenvalue weighted by atomic mass is 32.1. The molecule has 2 N–H and O–H groups in total. The van der Waals surface area contributed by atoms with Crippen molar-refractivity contribution in [1.82, 2.24) is 15.2 Å². The molecule has 1 saturated heterocycles. The Morgan fingerprint density at radius 3 is 3.23 bits per heavy atom. The first kappa shape index (κ1) is 15.7. The van der Waals surface area contributed by atoms with Crippen molar-refractivity contribution in [2.45, 2.75) is 26.0 Å². The third kappa shape index (κ3) is 3.76. The first-order valence-electron chi connectivity index (χ1n) is 7.74. The number of aryl methyl sites for hydroxylation is 1. The quantitative estimate of drug-likeness (QED) is 0.877. The van der Waals surface area contributed by atoms with E-state index in [1.165, 1.54) is 4.70 Å². The number of nitrogens with one attached hydrogen (secondary N) is 1. The summed E-state index contributed by atoms with van der Waals surface area (Å²) >= 11 is 1.68.